The minimum atomic E-state index is -0.0420. The molecule has 116 valence electrons. The number of fused-ring (bicyclic) bond motifs is 1. The minimum Gasteiger partial charge on any atom is -0.378 e. The number of amides is 2. The van der Waals surface area contributed by atoms with E-state index in [1.54, 1.807) is 7.11 Å². The third kappa shape index (κ3) is 3.12. The van der Waals surface area contributed by atoms with Gasteiger partial charge in [-0.05, 0) is 5.56 Å². The summed E-state index contributed by atoms with van der Waals surface area (Å²) in [6.07, 6.45) is 1.82. The van der Waals surface area contributed by atoms with E-state index in [-0.39, 0.29) is 6.03 Å². The lowest BCUT2D eigenvalue weighted by molar-refractivity contribution is 0.171. The van der Waals surface area contributed by atoms with E-state index < -0.39 is 0 Å². The van der Waals surface area contributed by atoms with Crippen molar-refractivity contribution in [2.45, 2.75) is 26.2 Å². The Morgan fingerprint density at radius 3 is 2.91 bits per heavy atom. The Bertz CT molecular complexity index is 639. The lowest BCUT2D eigenvalue weighted by atomic mass is 10.2. The smallest absolute Gasteiger partial charge is 0.318 e. The summed E-state index contributed by atoms with van der Waals surface area (Å²) in [6.45, 7) is 3.04. The summed E-state index contributed by atoms with van der Waals surface area (Å²) in [4.78, 5) is 18.5. The fourth-order valence-electron chi connectivity index (χ4n) is 2.63. The maximum absolute atomic E-state index is 12.3. The van der Waals surface area contributed by atoms with Crippen LogP contribution in [0.4, 0.5) is 4.79 Å². The summed E-state index contributed by atoms with van der Waals surface area (Å²) < 4.78 is 7.25. The van der Waals surface area contributed by atoms with Crippen molar-refractivity contribution in [3.8, 4) is 0 Å². The monoisotopic (exact) mass is 300 g/mol. The summed E-state index contributed by atoms with van der Waals surface area (Å²) in [6, 6.07) is 9.87. The number of ether oxygens (including phenoxy) is 1. The molecule has 0 unspecified atom stereocenters. The van der Waals surface area contributed by atoms with Gasteiger partial charge in [0.15, 0.2) is 0 Å². The number of benzene rings is 1. The number of urea groups is 1. The Hall–Kier alpha value is -2.34. The highest BCUT2D eigenvalue weighted by Crippen LogP contribution is 2.17. The number of carbonyl (C=O) groups excluding carboxylic acids is 1. The molecule has 1 aromatic carbocycles. The highest BCUT2D eigenvalue weighted by Gasteiger charge is 2.23. The van der Waals surface area contributed by atoms with E-state index in [0.29, 0.717) is 26.2 Å². The first kappa shape index (κ1) is 14.6. The molecule has 1 aliphatic rings. The first-order chi connectivity index (χ1) is 10.8. The van der Waals surface area contributed by atoms with Gasteiger partial charge in [0, 0.05) is 26.7 Å². The van der Waals surface area contributed by atoms with Crippen molar-refractivity contribution in [1.82, 2.24) is 19.8 Å². The molecule has 0 spiro atoms. The molecule has 6 nitrogen and oxygen atoms in total. The van der Waals surface area contributed by atoms with Gasteiger partial charge in [-0.3, -0.25) is 0 Å². The number of rotatable bonds is 4. The van der Waals surface area contributed by atoms with Crippen molar-refractivity contribution >= 4 is 6.03 Å². The van der Waals surface area contributed by atoms with Crippen LogP contribution in [0.5, 0.6) is 0 Å². The minimum absolute atomic E-state index is 0.0420. The van der Waals surface area contributed by atoms with Crippen molar-refractivity contribution in [2.24, 2.45) is 0 Å². The topological polar surface area (TPSA) is 59.4 Å². The van der Waals surface area contributed by atoms with E-state index in [1.165, 1.54) is 0 Å². The molecular weight excluding hydrogens is 280 g/mol. The van der Waals surface area contributed by atoms with E-state index in [2.05, 4.69) is 14.9 Å². The van der Waals surface area contributed by atoms with Crippen LogP contribution < -0.4 is 5.32 Å². The van der Waals surface area contributed by atoms with Gasteiger partial charge in [-0.15, -0.1) is 0 Å². The van der Waals surface area contributed by atoms with Gasteiger partial charge >= 0.3 is 6.03 Å². The molecule has 2 amide bonds. The van der Waals surface area contributed by atoms with Gasteiger partial charge in [0.2, 0.25) is 0 Å². The molecule has 0 radical (unpaired) electrons. The summed E-state index contributed by atoms with van der Waals surface area (Å²) >= 11 is 0. The van der Waals surface area contributed by atoms with Gasteiger partial charge in [-0.25, -0.2) is 9.78 Å². The van der Waals surface area contributed by atoms with Crippen LogP contribution in [0, 0.1) is 0 Å². The molecule has 0 saturated carbocycles. The highest BCUT2D eigenvalue weighted by molar-refractivity contribution is 5.74. The maximum atomic E-state index is 12.3. The zero-order valence-electron chi connectivity index (χ0n) is 12.7. The first-order valence-electron chi connectivity index (χ1n) is 7.36. The van der Waals surface area contributed by atoms with E-state index in [4.69, 9.17) is 4.74 Å². The molecule has 1 N–H and O–H groups in total. The van der Waals surface area contributed by atoms with Gasteiger partial charge in [0.1, 0.15) is 0 Å². The third-order valence-corrected chi connectivity index (χ3v) is 3.84. The van der Waals surface area contributed by atoms with Crippen molar-refractivity contribution < 1.29 is 9.53 Å². The second kappa shape index (κ2) is 6.62. The van der Waals surface area contributed by atoms with Crippen LogP contribution in [0.1, 0.15) is 17.0 Å². The number of aromatic nitrogens is 2. The normalized spacial score (nSPS) is 13.8. The maximum Gasteiger partial charge on any atom is 0.318 e. The molecule has 1 aliphatic heterocycles. The quantitative estimate of drug-likeness (QED) is 0.936. The predicted octanol–water partition coefficient (Wildman–Crippen LogP) is 1.75. The largest absolute Gasteiger partial charge is 0.378 e. The lowest BCUT2D eigenvalue weighted by Crippen LogP contribution is -2.43. The van der Waals surface area contributed by atoms with E-state index >= 15 is 0 Å². The second-order valence-corrected chi connectivity index (χ2v) is 5.33. The number of methoxy groups -OCH3 is 1. The van der Waals surface area contributed by atoms with Crippen LogP contribution in [-0.2, 0) is 31.0 Å². The van der Waals surface area contributed by atoms with E-state index in [0.717, 1.165) is 23.5 Å². The number of carbonyl (C=O) groups is 1. The predicted molar refractivity (Wildman–Crippen MR) is 82.0 cm³/mol. The summed E-state index contributed by atoms with van der Waals surface area (Å²) in [5.41, 5.74) is 3.06. The number of hydrogen-bond donors (Lipinski definition) is 1. The Morgan fingerprint density at radius 1 is 1.32 bits per heavy atom. The Morgan fingerprint density at radius 2 is 2.14 bits per heavy atom. The second-order valence-electron chi connectivity index (χ2n) is 5.33. The standard InChI is InChI=1S/C16H20N4O2/c1-22-11-14-15-10-19(7-8-20(15)12-18-14)16(21)17-9-13-5-3-2-4-6-13/h2-6,12H,7-11H2,1H3,(H,17,21). The van der Waals surface area contributed by atoms with Gasteiger partial charge in [-0.1, -0.05) is 30.3 Å². The van der Waals surface area contributed by atoms with Gasteiger partial charge in [0.25, 0.3) is 0 Å². The van der Waals surface area contributed by atoms with Crippen LogP contribution in [-0.4, -0.2) is 34.1 Å². The molecular formula is C16H20N4O2. The van der Waals surface area contributed by atoms with E-state index in [1.807, 2.05) is 41.6 Å². The zero-order chi connectivity index (χ0) is 15.4. The highest BCUT2D eigenvalue weighted by atomic mass is 16.5. The zero-order valence-corrected chi connectivity index (χ0v) is 12.7. The molecule has 0 fully saturated rings. The van der Waals surface area contributed by atoms with Crippen molar-refractivity contribution in [3.05, 3.63) is 53.6 Å². The van der Waals surface area contributed by atoms with Crippen LogP contribution >= 0.6 is 0 Å². The molecule has 2 aromatic rings. The fraction of sp³-hybridized carbons (Fsp3) is 0.375. The van der Waals surface area contributed by atoms with Gasteiger partial charge < -0.3 is 19.5 Å². The van der Waals surface area contributed by atoms with Gasteiger partial charge in [0.05, 0.1) is 30.9 Å². The van der Waals surface area contributed by atoms with Crippen molar-refractivity contribution in [2.75, 3.05) is 13.7 Å². The number of hydrogen-bond acceptors (Lipinski definition) is 3. The molecule has 2 heterocycles. The Balaban J connectivity index is 1.61. The van der Waals surface area contributed by atoms with Crippen molar-refractivity contribution in [3.63, 3.8) is 0 Å². The molecule has 22 heavy (non-hydrogen) atoms. The van der Waals surface area contributed by atoms with Crippen LogP contribution in [0.25, 0.3) is 0 Å². The molecule has 6 heteroatoms. The average Bonchev–Trinajstić information content (AvgIpc) is 2.96. The molecule has 0 saturated heterocycles. The number of nitrogens with zero attached hydrogens (tertiary/aromatic N) is 3. The Labute approximate surface area is 129 Å². The van der Waals surface area contributed by atoms with E-state index in [9.17, 15) is 4.79 Å². The number of nitrogens with one attached hydrogen (secondary N) is 1. The summed E-state index contributed by atoms with van der Waals surface area (Å²) in [5.74, 6) is 0. The molecule has 0 aliphatic carbocycles. The van der Waals surface area contributed by atoms with Gasteiger partial charge in [-0.2, -0.15) is 0 Å². The van der Waals surface area contributed by atoms with Crippen LogP contribution in [0.2, 0.25) is 0 Å². The SMILES string of the molecule is COCc1ncn2c1CN(C(=O)NCc1ccccc1)CC2. The van der Waals surface area contributed by atoms with Crippen LogP contribution in [0.15, 0.2) is 36.7 Å². The van der Waals surface area contributed by atoms with Crippen LogP contribution in [0.3, 0.4) is 0 Å². The average molecular weight is 300 g/mol. The molecule has 0 bridgehead atoms. The lowest BCUT2D eigenvalue weighted by Gasteiger charge is -2.29. The summed E-state index contributed by atoms with van der Waals surface area (Å²) in [5, 5.41) is 2.97. The Kier molecular flexibility index (Phi) is 4.39. The third-order valence-electron chi connectivity index (χ3n) is 3.84. The molecule has 3 rings (SSSR count). The van der Waals surface area contributed by atoms with Crippen molar-refractivity contribution in [1.29, 1.82) is 0 Å². The molecule has 1 aromatic heterocycles. The first-order valence-corrected chi connectivity index (χ1v) is 7.36. The molecule has 0 atom stereocenters. The fourth-order valence-corrected chi connectivity index (χ4v) is 2.63. The summed E-state index contributed by atoms with van der Waals surface area (Å²) in [7, 11) is 1.65. The number of imidazole rings is 1.